The molecule has 10 atom stereocenters. The van der Waals surface area contributed by atoms with Crippen molar-refractivity contribution in [3.63, 3.8) is 0 Å². The molecule has 0 spiro atoms. The van der Waals surface area contributed by atoms with Crippen LogP contribution in [0.2, 0.25) is 0 Å². The second-order valence-corrected chi connectivity index (χ2v) is 10.1. The van der Waals surface area contributed by atoms with E-state index in [1.807, 2.05) is 0 Å². The molecule has 42 heavy (non-hydrogen) atoms. The van der Waals surface area contributed by atoms with Gasteiger partial charge in [0, 0.05) is 17.7 Å². The second-order valence-electron chi connectivity index (χ2n) is 10.1. The minimum Gasteiger partial charge on any atom is -0.508 e. The Morgan fingerprint density at radius 1 is 0.738 bits per heavy atom. The van der Waals surface area contributed by atoms with E-state index in [2.05, 4.69) is 0 Å². The number of aliphatic hydroxyl groups is 7. The molecule has 0 saturated carbocycles. The van der Waals surface area contributed by atoms with E-state index >= 15 is 0 Å². The average molecular weight is 595 g/mol. The maximum atomic E-state index is 13.1. The second kappa shape index (κ2) is 11.7. The van der Waals surface area contributed by atoms with Gasteiger partial charge in [0.25, 0.3) is 0 Å². The molecule has 3 aromatic rings. The van der Waals surface area contributed by atoms with Crippen molar-refractivity contribution in [2.75, 3.05) is 13.2 Å². The highest BCUT2D eigenvalue weighted by Gasteiger charge is 2.52. The first-order chi connectivity index (χ1) is 20.0. The van der Waals surface area contributed by atoms with E-state index in [9.17, 15) is 55.9 Å². The number of rotatable bonds is 6. The maximum absolute atomic E-state index is 13.1. The SMILES string of the molecule is O=c1cc(-c2ccc(O)cc2)oc2c([C@H]3O[C@@H](CO)[C@@H](O)[C@@H](O)[C@@H]3O[C@@H]3O[C@@H](CO)[C@@H](O)[C@@H](O)[C@H]3O)c(O)cc(O)c12. The third-order valence-corrected chi connectivity index (χ3v) is 7.44. The highest BCUT2D eigenvalue weighted by atomic mass is 16.7. The summed E-state index contributed by atoms with van der Waals surface area (Å²) in [4.78, 5) is 13.1. The molecule has 10 N–H and O–H groups in total. The number of phenolic OH excluding ortho intramolecular Hbond substituents is 3. The molecule has 2 aromatic carbocycles. The number of phenols is 3. The molecular weight excluding hydrogens is 564 g/mol. The van der Waals surface area contributed by atoms with Crippen LogP contribution in [0.4, 0.5) is 0 Å². The fourth-order valence-corrected chi connectivity index (χ4v) is 5.17. The van der Waals surface area contributed by atoms with Gasteiger partial charge in [-0.3, -0.25) is 4.79 Å². The van der Waals surface area contributed by atoms with Gasteiger partial charge in [0.15, 0.2) is 17.3 Å². The van der Waals surface area contributed by atoms with E-state index in [0.717, 1.165) is 12.1 Å². The van der Waals surface area contributed by atoms with Crippen molar-refractivity contribution in [3.8, 4) is 28.6 Å². The molecule has 2 aliphatic rings. The van der Waals surface area contributed by atoms with Crippen LogP contribution in [0.15, 0.2) is 45.6 Å². The van der Waals surface area contributed by atoms with Crippen LogP contribution in [0.3, 0.4) is 0 Å². The lowest BCUT2D eigenvalue weighted by Gasteiger charge is -2.46. The van der Waals surface area contributed by atoms with Crippen LogP contribution in [0.25, 0.3) is 22.3 Å². The van der Waals surface area contributed by atoms with Crippen molar-refractivity contribution in [2.45, 2.75) is 61.2 Å². The zero-order valence-electron chi connectivity index (χ0n) is 21.7. The van der Waals surface area contributed by atoms with Gasteiger partial charge in [-0.1, -0.05) is 0 Å². The lowest BCUT2D eigenvalue weighted by atomic mass is 9.89. The number of hydrogen-bond acceptors (Lipinski definition) is 15. The molecule has 0 unspecified atom stereocenters. The predicted molar refractivity (Wildman–Crippen MR) is 138 cm³/mol. The highest BCUT2D eigenvalue weighted by molar-refractivity contribution is 5.89. The summed E-state index contributed by atoms with van der Waals surface area (Å²) in [7, 11) is 0. The number of benzene rings is 2. The van der Waals surface area contributed by atoms with Crippen molar-refractivity contribution in [1.29, 1.82) is 0 Å². The highest BCUT2D eigenvalue weighted by Crippen LogP contribution is 2.45. The van der Waals surface area contributed by atoms with Crippen molar-refractivity contribution < 1.29 is 69.7 Å². The zero-order chi connectivity index (χ0) is 30.5. The van der Waals surface area contributed by atoms with Crippen molar-refractivity contribution in [1.82, 2.24) is 0 Å². The minimum atomic E-state index is -1.92. The number of fused-ring (bicyclic) bond motifs is 1. The van der Waals surface area contributed by atoms with E-state index in [-0.39, 0.29) is 17.1 Å². The average Bonchev–Trinajstić information content (AvgIpc) is 2.96. The molecule has 0 bridgehead atoms. The Morgan fingerprint density at radius 3 is 2.00 bits per heavy atom. The van der Waals surface area contributed by atoms with Gasteiger partial charge < -0.3 is 69.7 Å². The molecule has 2 saturated heterocycles. The predicted octanol–water partition coefficient (Wildman–Crippen LogP) is -2.08. The molecule has 0 amide bonds. The van der Waals surface area contributed by atoms with Gasteiger partial charge in [0.2, 0.25) is 0 Å². The molecule has 2 aliphatic heterocycles. The molecule has 1 aromatic heterocycles. The Hall–Kier alpha value is -3.35. The molecule has 15 heteroatoms. The largest absolute Gasteiger partial charge is 0.508 e. The summed E-state index contributed by atoms with van der Waals surface area (Å²) in [5, 5.41) is 103. The van der Waals surface area contributed by atoms with E-state index < -0.39 is 102 Å². The summed E-state index contributed by atoms with van der Waals surface area (Å²) >= 11 is 0. The van der Waals surface area contributed by atoms with E-state index in [0.29, 0.717) is 5.56 Å². The summed E-state index contributed by atoms with van der Waals surface area (Å²) in [6.07, 6.45) is -17.3. The third-order valence-electron chi connectivity index (χ3n) is 7.44. The van der Waals surface area contributed by atoms with Crippen molar-refractivity contribution in [3.05, 3.63) is 52.2 Å². The molecule has 2 fully saturated rings. The van der Waals surface area contributed by atoms with Crippen molar-refractivity contribution in [2.24, 2.45) is 0 Å². The van der Waals surface area contributed by atoms with Gasteiger partial charge in [0.1, 0.15) is 83.3 Å². The van der Waals surface area contributed by atoms with Crippen LogP contribution in [0.5, 0.6) is 17.2 Å². The van der Waals surface area contributed by atoms with Gasteiger partial charge in [-0.25, -0.2) is 0 Å². The fraction of sp³-hybridized carbons (Fsp3) is 0.444. The Morgan fingerprint density at radius 2 is 1.36 bits per heavy atom. The Balaban J connectivity index is 1.66. The first-order valence-corrected chi connectivity index (χ1v) is 12.9. The summed E-state index contributed by atoms with van der Waals surface area (Å²) in [5.74, 6) is -1.50. The summed E-state index contributed by atoms with van der Waals surface area (Å²) in [6, 6.07) is 7.41. The van der Waals surface area contributed by atoms with E-state index in [4.69, 9.17) is 18.6 Å². The minimum absolute atomic E-state index is 0.0553. The third kappa shape index (κ3) is 5.20. The first-order valence-electron chi connectivity index (χ1n) is 12.9. The number of aliphatic hydroxyl groups excluding tert-OH is 7. The molecule has 228 valence electrons. The van der Waals surface area contributed by atoms with Crippen molar-refractivity contribution >= 4 is 11.0 Å². The summed E-state index contributed by atoms with van der Waals surface area (Å²) < 4.78 is 22.9. The number of hydrogen-bond donors (Lipinski definition) is 10. The fourth-order valence-electron chi connectivity index (χ4n) is 5.17. The molecule has 5 rings (SSSR count). The maximum Gasteiger partial charge on any atom is 0.197 e. The lowest BCUT2D eigenvalue weighted by molar-refractivity contribution is -0.342. The monoisotopic (exact) mass is 594 g/mol. The van der Waals surface area contributed by atoms with Gasteiger partial charge >= 0.3 is 0 Å². The quantitative estimate of drug-likeness (QED) is 0.147. The molecule has 15 nitrogen and oxygen atoms in total. The van der Waals surface area contributed by atoms with Crippen LogP contribution in [-0.2, 0) is 14.2 Å². The van der Waals surface area contributed by atoms with Gasteiger partial charge in [-0.05, 0) is 24.3 Å². The molecule has 0 aliphatic carbocycles. The number of aromatic hydroxyl groups is 3. The Labute approximate surface area is 236 Å². The van der Waals surface area contributed by atoms with Crippen LogP contribution in [-0.4, -0.2) is 119 Å². The van der Waals surface area contributed by atoms with Gasteiger partial charge in [0.05, 0.1) is 18.8 Å². The molecular formula is C27H30O15. The Kier molecular flexibility index (Phi) is 8.41. The van der Waals surface area contributed by atoms with Crippen LogP contribution < -0.4 is 5.43 Å². The lowest BCUT2D eigenvalue weighted by Crippen LogP contribution is -2.62. The zero-order valence-corrected chi connectivity index (χ0v) is 21.7. The Bertz CT molecular complexity index is 1470. The number of ether oxygens (including phenoxy) is 3. The van der Waals surface area contributed by atoms with E-state index in [1.54, 1.807) is 0 Å². The first kappa shape index (κ1) is 30.1. The topological polar surface area (TPSA) is 260 Å². The normalized spacial score (nSPS) is 33.6. The van der Waals surface area contributed by atoms with Gasteiger partial charge in [-0.15, -0.1) is 0 Å². The smallest absolute Gasteiger partial charge is 0.197 e. The summed E-state index contributed by atoms with van der Waals surface area (Å²) in [5.41, 5.74) is -1.21. The van der Waals surface area contributed by atoms with Crippen LogP contribution in [0.1, 0.15) is 11.7 Å². The molecule has 0 radical (unpaired) electrons. The molecule has 3 heterocycles. The standard InChI is InChI=1S/C27H30O15/c28-7-15-20(35)22(37)26(42-27-23(38)21(36)19(34)16(8-29)41-27)25(40-15)18-12(32)5-11(31)17-13(33)6-14(39-24(17)18)9-1-3-10(30)4-2-9/h1-6,15-16,19-23,25-32,34-38H,7-8H2/t15-,16-,19+,20+,21+,22+,23+,25+,26-,27-/m0/s1. The van der Waals surface area contributed by atoms with E-state index in [1.165, 1.54) is 24.3 Å². The van der Waals surface area contributed by atoms with Crippen LogP contribution in [0, 0.1) is 0 Å². The summed E-state index contributed by atoms with van der Waals surface area (Å²) in [6.45, 7) is -1.61. The van der Waals surface area contributed by atoms with Crippen LogP contribution >= 0.6 is 0 Å². The van der Waals surface area contributed by atoms with Gasteiger partial charge in [-0.2, -0.15) is 0 Å².